The van der Waals surface area contributed by atoms with Gasteiger partial charge in [-0.3, -0.25) is 4.90 Å². The summed E-state index contributed by atoms with van der Waals surface area (Å²) in [7, 11) is 2.09. The van der Waals surface area contributed by atoms with Gasteiger partial charge in [-0.15, -0.1) is 12.4 Å². The van der Waals surface area contributed by atoms with Crippen LogP contribution in [0.25, 0.3) is 0 Å². The Labute approximate surface area is 120 Å². The molecule has 1 N–H and O–H groups in total. The lowest BCUT2D eigenvalue weighted by molar-refractivity contribution is 0.248. The fourth-order valence-corrected chi connectivity index (χ4v) is 2.35. The Morgan fingerprint density at radius 1 is 1.47 bits per heavy atom. The SMILES string of the molecule is CCOc1ccc(CN(C)C2CCNC2)cc1F.Cl. The molecule has 2 rings (SSSR count). The Balaban J connectivity index is 0.00000180. The quantitative estimate of drug-likeness (QED) is 0.901. The number of ether oxygens (including phenoxy) is 1. The van der Waals surface area contributed by atoms with Crippen molar-refractivity contribution in [3.05, 3.63) is 29.6 Å². The number of halogens is 2. The zero-order chi connectivity index (χ0) is 13.0. The van der Waals surface area contributed by atoms with E-state index in [4.69, 9.17) is 4.74 Å². The van der Waals surface area contributed by atoms with Gasteiger partial charge in [-0.1, -0.05) is 6.07 Å². The molecule has 0 saturated carbocycles. The number of hydrogen-bond donors (Lipinski definition) is 1. The molecule has 5 heteroatoms. The zero-order valence-corrected chi connectivity index (χ0v) is 12.3. The van der Waals surface area contributed by atoms with Gasteiger partial charge >= 0.3 is 0 Å². The number of hydrogen-bond acceptors (Lipinski definition) is 3. The molecule has 0 spiro atoms. The highest BCUT2D eigenvalue weighted by molar-refractivity contribution is 5.85. The van der Waals surface area contributed by atoms with Crippen LogP contribution < -0.4 is 10.1 Å². The molecule has 1 aromatic carbocycles. The Hall–Kier alpha value is -0.840. The molecular weight excluding hydrogens is 267 g/mol. The lowest BCUT2D eigenvalue weighted by Crippen LogP contribution is -2.32. The minimum absolute atomic E-state index is 0. The molecule has 0 aromatic heterocycles. The van der Waals surface area contributed by atoms with E-state index in [0.29, 0.717) is 18.4 Å². The van der Waals surface area contributed by atoms with Gasteiger partial charge < -0.3 is 10.1 Å². The molecule has 0 bridgehead atoms. The standard InChI is InChI=1S/C14H21FN2O.ClH/c1-3-18-14-5-4-11(8-13(14)15)10-17(2)12-6-7-16-9-12;/h4-5,8,12,16H,3,6-7,9-10H2,1-2H3;1H. The van der Waals surface area contributed by atoms with Gasteiger partial charge in [0.2, 0.25) is 0 Å². The fourth-order valence-electron chi connectivity index (χ4n) is 2.35. The van der Waals surface area contributed by atoms with Crippen LogP contribution in [0.2, 0.25) is 0 Å². The van der Waals surface area contributed by atoms with E-state index in [0.717, 1.165) is 31.6 Å². The molecule has 1 fully saturated rings. The molecule has 19 heavy (non-hydrogen) atoms. The third-order valence-corrected chi connectivity index (χ3v) is 3.39. The van der Waals surface area contributed by atoms with Crippen molar-refractivity contribution in [1.82, 2.24) is 10.2 Å². The van der Waals surface area contributed by atoms with Crippen LogP contribution in [0, 0.1) is 5.82 Å². The number of nitrogens with zero attached hydrogens (tertiary/aromatic N) is 1. The van der Waals surface area contributed by atoms with Crippen molar-refractivity contribution >= 4 is 12.4 Å². The van der Waals surface area contributed by atoms with Crippen LogP contribution in [0.1, 0.15) is 18.9 Å². The molecule has 0 radical (unpaired) electrons. The van der Waals surface area contributed by atoms with E-state index in [1.165, 1.54) is 0 Å². The van der Waals surface area contributed by atoms with Gasteiger partial charge in [0.1, 0.15) is 0 Å². The van der Waals surface area contributed by atoms with Crippen molar-refractivity contribution in [3.8, 4) is 5.75 Å². The van der Waals surface area contributed by atoms with Crippen molar-refractivity contribution in [2.24, 2.45) is 0 Å². The van der Waals surface area contributed by atoms with Gasteiger partial charge in [-0.2, -0.15) is 0 Å². The summed E-state index contributed by atoms with van der Waals surface area (Å²) in [5.74, 6) is 0.0683. The molecule has 0 amide bonds. The monoisotopic (exact) mass is 288 g/mol. The van der Waals surface area contributed by atoms with Crippen molar-refractivity contribution < 1.29 is 9.13 Å². The second-order valence-corrected chi connectivity index (χ2v) is 4.76. The largest absolute Gasteiger partial charge is 0.491 e. The van der Waals surface area contributed by atoms with E-state index >= 15 is 0 Å². The number of benzene rings is 1. The van der Waals surface area contributed by atoms with Crippen molar-refractivity contribution in [2.45, 2.75) is 25.9 Å². The van der Waals surface area contributed by atoms with E-state index in [9.17, 15) is 4.39 Å². The highest BCUT2D eigenvalue weighted by Gasteiger charge is 2.19. The third-order valence-electron chi connectivity index (χ3n) is 3.39. The molecule has 1 aromatic rings. The molecule has 1 aliphatic heterocycles. The van der Waals surface area contributed by atoms with E-state index < -0.39 is 0 Å². The lowest BCUT2D eigenvalue weighted by atomic mass is 10.1. The third kappa shape index (κ3) is 4.34. The van der Waals surface area contributed by atoms with Gasteiger partial charge in [0.25, 0.3) is 0 Å². The Kier molecular flexibility index (Phi) is 6.55. The van der Waals surface area contributed by atoms with Gasteiger partial charge in [-0.05, 0) is 44.6 Å². The van der Waals surface area contributed by atoms with Crippen LogP contribution in [-0.2, 0) is 6.54 Å². The summed E-state index contributed by atoms with van der Waals surface area (Å²) in [5, 5.41) is 3.34. The van der Waals surface area contributed by atoms with Gasteiger partial charge in [0.15, 0.2) is 11.6 Å². The smallest absolute Gasteiger partial charge is 0.165 e. The van der Waals surface area contributed by atoms with Gasteiger partial charge in [0.05, 0.1) is 6.61 Å². The Morgan fingerprint density at radius 2 is 2.26 bits per heavy atom. The first-order chi connectivity index (χ1) is 8.70. The molecule has 1 saturated heterocycles. The number of nitrogens with one attached hydrogen (secondary N) is 1. The van der Waals surface area contributed by atoms with Crippen LogP contribution in [-0.4, -0.2) is 37.7 Å². The average Bonchev–Trinajstić information content (AvgIpc) is 2.86. The van der Waals surface area contributed by atoms with E-state index in [1.54, 1.807) is 12.1 Å². The van der Waals surface area contributed by atoms with E-state index in [-0.39, 0.29) is 18.2 Å². The van der Waals surface area contributed by atoms with E-state index in [2.05, 4.69) is 17.3 Å². The minimum Gasteiger partial charge on any atom is -0.491 e. The predicted octanol–water partition coefficient (Wildman–Crippen LogP) is 2.44. The molecule has 1 atom stereocenters. The maximum absolute atomic E-state index is 13.7. The van der Waals surface area contributed by atoms with Crippen molar-refractivity contribution in [3.63, 3.8) is 0 Å². The number of rotatable bonds is 5. The van der Waals surface area contributed by atoms with Crippen LogP contribution in [0.5, 0.6) is 5.75 Å². The Bertz CT molecular complexity index is 397. The molecule has 1 unspecified atom stereocenters. The summed E-state index contributed by atoms with van der Waals surface area (Å²) in [6.07, 6.45) is 1.16. The maximum atomic E-state index is 13.7. The van der Waals surface area contributed by atoms with Crippen LogP contribution in [0.15, 0.2) is 18.2 Å². The number of likely N-dealkylation sites (N-methyl/N-ethyl adjacent to an activating group) is 1. The van der Waals surface area contributed by atoms with Crippen LogP contribution >= 0.6 is 12.4 Å². The average molecular weight is 289 g/mol. The first-order valence-electron chi connectivity index (χ1n) is 6.53. The molecular formula is C14H22ClFN2O. The molecule has 1 heterocycles. The second kappa shape index (κ2) is 7.68. The summed E-state index contributed by atoms with van der Waals surface area (Å²) in [6, 6.07) is 5.78. The van der Waals surface area contributed by atoms with Gasteiger partial charge in [-0.25, -0.2) is 4.39 Å². The molecule has 0 aliphatic carbocycles. The summed E-state index contributed by atoms with van der Waals surface area (Å²) in [4.78, 5) is 2.27. The van der Waals surface area contributed by atoms with Crippen LogP contribution in [0.4, 0.5) is 4.39 Å². The first-order valence-corrected chi connectivity index (χ1v) is 6.53. The highest BCUT2D eigenvalue weighted by atomic mass is 35.5. The van der Waals surface area contributed by atoms with Crippen LogP contribution in [0.3, 0.4) is 0 Å². The highest BCUT2D eigenvalue weighted by Crippen LogP contribution is 2.20. The summed E-state index contributed by atoms with van der Waals surface area (Å²) < 4.78 is 18.9. The minimum atomic E-state index is -0.271. The maximum Gasteiger partial charge on any atom is 0.165 e. The zero-order valence-electron chi connectivity index (χ0n) is 11.5. The topological polar surface area (TPSA) is 24.5 Å². The van der Waals surface area contributed by atoms with Gasteiger partial charge in [0, 0.05) is 19.1 Å². The summed E-state index contributed by atoms with van der Waals surface area (Å²) >= 11 is 0. The second-order valence-electron chi connectivity index (χ2n) is 4.76. The lowest BCUT2D eigenvalue weighted by Gasteiger charge is -2.23. The molecule has 3 nitrogen and oxygen atoms in total. The normalized spacial score (nSPS) is 18.4. The van der Waals surface area contributed by atoms with Crippen molar-refractivity contribution in [2.75, 3.05) is 26.7 Å². The summed E-state index contributed by atoms with van der Waals surface area (Å²) in [5.41, 5.74) is 0.991. The van der Waals surface area contributed by atoms with E-state index in [1.807, 2.05) is 13.0 Å². The molecule has 108 valence electrons. The predicted molar refractivity (Wildman–Crippen MR) is 77.6 cm³/mol. The Morgan fingerprint density at radius 3 is 2.84 bits per heavy atom. The molecule has 1 aliphatic rings. The van der Waals surface area contributed by atoms with Crippen molar-refractivity contribution in [1.29, 1.82) is 0 Å². The first kappa shape index (κ1) is 16.2. The fraction of sp³-hybridized carbons (Fsp3) is 0.571. The summed E-state index contributed by atoms with van der Waals surface area (Å²) in [6.45, 7) is 5.22.